The van der Waals surface area contributed by atoms with Gasteiger partial charge in [-0.2, -0.15) is 5.10 Å². The van der Waals surface area contributed by atoms with Crippen molar-refractivity contribution >= 4 is 11.5 Å². The van der Waals surface area contributed by atoms with E-state index in [9.17, 15) is 0 Å². The van der Waals surface area contributed by atoms with Crippen LogP contribution in [0.5, 0.6) is 5.75 Å². The van der Waals surface area contributed by atoms with Gasteiger partial charge in [0.1, 0.15) is 6.61 Å². The lowest BCUT2D eigenvalue weighted by molar-refractivity contribution is 0.308. The molecule has 2 aromatic heterocycles. The summed E-state index contributed by atoms with van der Waals surface area (Å²) in [4.78, 5) is 1.05. The van der Waals surface area contributed by atoms with Gasteiger partial charge >= 0.3 is 0 Å². The molecule has 14 heavy (non-hydrogen) atoms. The molecular weight excluding hydrogens is 200 g/mol. The van der Waals surface area contributed by atoms with E-state index in [0.717, 1.165) is 16.3 Å². The Bertz CT molecular complexity index is 422. The molecule has 2 rings (SSSR count). The second kappa shape index (κ2) is 3.75. The smallest absolute Gasteiger partial charge is 0.157 e. The van der Waals surface area contributed by atoms with E-state index in [-0.39, 0.29) is 0 Å². The fourth-order valence-electron chi connectivity index (χ4n) is 1.01. The SMILES string of the molecule is Cc1nnsc1COc1cnn(C)c1. The lowest BCUT2D eigenvalue weighted by Gasteiger charge is -1.99. The Balaban J connectivity index is 1.98. The predicted octanol–water partition coefficient (Wildman–Crippen LogP) is 1.16. The van der Waals surface area contributed by atoms with Crippen LogP contribution in [0.3, 0.4) is 0 Å². The van der Waals surface area contributed by atoms with Crippen LogP contribution in [0.25, 0.3) is 0 Å². The molecule has 0 unspecified atom stereocenters. The van der Waals surface area contributed by atoms with Gasteiger partial charge in [-0.1, -0.05) is 4.49 Å². The van der Waals surface area contributed by atoms with E-state index in [1.165, 1.54) is 11.5 Å². The molecule has 2 heterocycles. The third-order valence-corrected chi connectivity index (χ3v) is 2.59. The number of hydrogen-bond acceptors (Lipinski definition) is 5. The lowest BCUT2D eigenvalue weighted by atomic mass is 10.4. The standard InChI is InChI=1S/C8H10N4OS/c1-6-8(14-11-10-6)5-13-7-3-9-12(2)4-7/h3-4H,5H2,1-2H3. The van der Waals surface area contributed by atoms with E-state index in [1.54, 1.807) is 10.9 Å². The Kier molecular flexibility index (Phi) is 2.45. The molecule has 0 saturated carbocycles. The molecule has 0 aliphatic rings. The van der Waals surface area contributed by atoms with Crippen LogP contribution in [0.4, 0.5) is 0 Å². The zero-order valence-corrected chi connectivity index (χ0v) is 8.78. The highest BCUT2D eigenvalue weighted by Crippen LogP contribution is 2.14. The van der Waals surface area contributed by atoms with Crippen LogP contribution in [0.1, 0.15) is 10.6 Å². The summed E-state index contributed by atoms with van der Waals surface area (Å²) in [6, 6.07) is 0. The first-order chi connectivity index (χ1) is 6.75. The van der Waals surface area contributed by atoms with E-state index >= 15 is 0 Å². The topological polar surface area (TPSA) is 52.8 Å². The Hall–Kier alpha value is -1.43. The van der Waals surface area contributed by atoms with Crippen molar-refractivity contribution in [3.63, 3.8) is 0 Å². The zero-order valence-electron chi connectivity index (χ0n) is 7.97. The Labute approximate surface area is 85.5 Å². The second-order valence-electron chi connectivity index (χ2n) is 2.92. The van der Waals surface area contributed by atoms with Gasteiger partial charge in [0.05, 0.1) is 23.0 Å². The van der Waals surface area contributed by atoms with E-state index in [2.05, 4.69) is 14.7 Å². The maximum absolute atomic E-state index is 5.50. The Morgan fingerprint density at radius 3 is 3.00 bits per heavy atom. The molecule has 0 spiro atoms. The van der Waals surface area contributed by atoms with Gasteiger partial charge in [-0.3, -0.25) is 4.68 Å². The third kappa shape index (κ3) is 1.90. The summed E-state index contributed by atoms with van der Waals surface area (Å²) < 4.78 is 11.0. The fraction of sp³-hybridized carbons (Fsp3) is 0.375. The van der Waals surface area contributed by atoms with Crippen molar-refractivity contribution in [2.45, 2.75) is 13.5 Å². The highest BCUT2D eigenvalue weighted by Gasteiger charge is 2.04. The second-order valence-corrected chi connectivity index (χ2v) is 3.76. The number of aromatic nitrogens is 4. The van der Waals surface area contributed by atoms with Crippen molar-refractivity contribution in [1.29, 1.82) is 0 Å². The molecule has 0 aliphatic carbocycles. The van der Waals surface area contributed by atoms with E-state index in [0.29, 0.717) is 6.61 Å². The maximum Gasteiger partial charge on any atom is 0.157 e. The Morgan fingerprint density at radius 2 is 2.43 bits per heavy atom. The van der Waals surface area contributed by atoms with Gasteiger partial charge in [0.25, 0.3) is 0 Å². The minimum Gasteiger partial charge on any atom is -0.485 e. The zero-order chi connectivity index (χ0) is 9.97. The van der Waals surface area contributed by atoms with E-state index in [4.69, 9.17) is 4.74 Å². The van der Waals surface area contributed by atoms with Crippen molar-refractivity contribution < 1.29 is 4.74 Å². The van der Waals surface area contributed by atoms with Crippen molar-refractivity contribution in [2.24, 2.45) is 7.05 Å². The summed E-state index contributed by atoms with van der Waals surface area (Å²) in [5.41, 5.74) is 0.930. The van der Waals surface area contributed by atoms with Crippen molar-refractivity contribution in [3.8, 4) is 5.75 Å². The van der Waals surface area contributed by atoms with Crippen LogP contribution in [0.2, 0.25) is 0 Å². The summed E-state index contributed by atoms with van der Waals surface area (Å²) in [7, 11) is 1.85. The molecule has 6 heteroatoms. The van der Waals surface area contributed by atoms with Crippen molar-refractivity contribution in [2.75, 3.05) is 0 Å². The predicted molar refractivity (Wildman–Crippen MR) is 52.2 cm³/mol. The average molecular weight is 210 g/mol. The lowest BCUT2D eigenvalue weighted by Crippen LogP contribution is -1.93. The molecule has 2 aromatic rings. The van der Waals surface area contributed by atoms with Crippen LogP contribution in [0.15, 0.2) is 12.4 Å². The van der Waals surface area contributed by atoms with Gasteiger partial charge in [-0.15, -0.1) is 5.10 Å². The van der Waals surface area contributed by atoms with Crippen molar-refractivity contribution in [3.05, 3.63) is 23.0 Å². The molecule has 0 amide bonds. The number of nitrogens with zero attached hydrogens (tertiary/aromatic N) is 4. The first-order valence-electron chi connectivity index (χ1n) is 4.15. The van der Waals surface area contributed by atoms with E-state index in [1.807, 2.05) is 20.2 Å². The highest BCUT2D eigenvalue weighted by molar-refractivity contribution is 7.05. The molecule has 0 atom stereocenters. The normalized spacial score (nSPS) is 10.4. The highest BCUT2D eigenvalue weighted by atomic mass is 32.1. The van der Waals surface area contributed by atoms with Gasteiger partial charge in [-0.05, 0) is 18.5 Å². The summed E-state index contributed by atoms with van der Waals surface area (Å²) in [5.74, 6) is 0.764. The van der Waals surface area contributed by atoms with Crippen LogP contribution in [0, 0.1) is 6.92 Å². The fourth-order valence-corrected chi connectivity index (χ4v) is 1.55. The van der Waals surface area contributed by atoms with Crippen LogP contribution in [-0.4, -0.2) is 19.4 Å². The van der Waals surface area contributed by atoms with Gasteiger partial charge in [0.15, 0.2) is 5.75 Å². The summed E-state index contributed by atoms with van der Waals surface area (Å²) in [6.45, 7) is 2.43. The van der Waals surface area contributed by atoms with Crippen molar-refractivity contribution in [1.82, 2.24) is 19.4 Å². The molecule has 0 N–H and O–H groups in total. The molecule has 0 aromatic carbocycles. The molecule has 74 valence electrons. The molecule has 0 fully saturated rings. The molecule has 5 nitrogen and oxygen atoms in total. The van der Waals surface area contributed by atoms with Crippen LogP contribution in [-0.2, 0) is 13.7 Å². The first-order valence-corrected chi connectivity index (χ1v) is 4.92. The molecule has 0 aliphatic heterocycles. The monoisotopic (exact) mass is 210 g/mol. The average Bonchev–Trinajstić information content (AvgIpc) is 2.72. The number of hydrogen-bond donors (Lipinski definition) is 0. The minimum absolute atomic E-state index is 0.509. The number of aryl methyl sites for hydroxylation is 2. The summed E-state index contributed by atoms with van der Waals surface area (Å²) in [6.07, 6.45) is 3.51. The van der Waals surface area contributed by atoms with Gasteiger partial charge in [-0.25, -0.2) is 0 Å². The van der Waals surface area contributed by atoms with E-state index < -0.39 is 0 Å². The minimum atomic E-state index is 0.509. The number of ether oxygens (including phenoxy) is 1. The quantitative estimate of drug-likeness (QED) is 0.762. The maximum atomic E-state index is 5.50. The van der Waals surface area contributed by atoms with Crippen LogP contribution >= 0.6 is 11.5 Å². The summed E-state index contributed by atoms with van der Waals surface area (Å²) in [5, 5.41) is 7.90. The van der Waals surface area contributed by atoms with Gasteiger partial charge < -0.3 is 4.74 Å². The molecular formula is C8H10N4OS. The summed E-state index contributed by atoms with van der Waals surface area (Å²) >= 11 is 1.36. The van der Waals surface area contributed by atoms with Crippen LogP contribution < -0.4 is 4.74 Å². The third-order valence-electron chi connectivity index (χ3n) is 1.80. The first kappa shape index (κ1) is 9.14. The Morgan fingerprint density at radius 1 is 1.57 bits per heavy atom. The molecule has 0 saturated heterocycles. The number of rotatable bonds is 3. The van der Waals surface area contributed by atoms with Gasteiger partial charge in [0.2, 0.25) is 0 Å². The van der Waals surface area contributed by atoms with Gasteiger partial charge in [0, 0.05) is 7.05 Å². The molecule has 0 radical (unpaired) electrons. The molecule has 0 bridgehead atoms. The largest absolute Gasteiger partial charge is 0.485 e.